The molecule has 1 saturated carbocycles. The molecule has 2 aliphatic rings. The second-order valence-corrected chi connectivity index (χ2v) is 5.77. The summed E-state index contributed by atoms with van der Waals surface area (Å²) < 4.78 is 13.4. The van der Waals surface area contributed by atoms with E-state index in [0.717, 1.165) is 0 Å². The van der Waals surface area contributed by atoms with Gasteiger partial charge in [-0.3, -0.25) is 14.5 Å². The van der Waals surface area contributed by atoms with Crippen LogP contribution in [0.25, 0.3) is 0 Å². The van der Waals surface area contributed by atoms with Gasteiger partial charge in [0.15, 0.2) is 0 Å². The first kappa shape index (κ1) is 12.3. The summed E-state index contributed by atoms with van der Waals surface area (Å²) in [6.45, 7) is 3.88. The number of piperidine rings is 1. The molecule has 0 radical (unpaired) electrons. The molecule has 1 aromatic rings. The van der Waals surface area contributed by atoms with Gasteiger partial charge in [0.2, 0.25) is 11.8 Å². The van der Waals surface area contributed by atoms with Crippen molar-refractivity contribution in [2.45, 2.75) is 20.4 Å². The largest absolute Gasteiger partial charge is 0.326 e. The molecule has 0 bridgehead atoms. The molecule has 0 spiro atoms. The van der Waals surface area contributed by atoms with Gasteiger partial charge in [0.05, 0.1) is 17.5 Å². The number of carbonyl (C=O) groups excluding carboxylic acids is 2. The Bertz CT molecular complexity index is 573. The number of hydrogen-bond acceptors (Lipinski definition) is 3. The molecule has 1 heterocycles. The van der Waals surface area contributed by atoms with Gasteiger partial charge in [0.25, 0.3) is 0 Å². The number of carbonyl (C=O) groups is 2. The minimum atomic E-state index is -0.421. The SMILES string of the molecule is CC1(C)C2C(=O)N(c3ccc(F)c(CN)c3)C(=O)C21. The number of hydrogen-bond donors (Lipinski definition) is 1. The van der Waals surface area contributed by atoms with Gasteiger partial charge in [-0.25, -0.2) is 4.39 Å². The summed E-state index contributed by atoms with van der Waals surface area (Å²) in [5, 5.41) is 0. The lowest BCUT2D eigenvalue weighted by molar-refractivity contribution is -0.125. The fourth-order valence-electron chi connectivity index (χ4n) is 3.06. The number of amides is 2. The van der Waals surface area contributed by atoms with Crippen LogP contribution in [0.15, 0.2) is 18.2 Å². The maximum atomic E-state index is 13.4. The molecular formula is C14H15FN2O2. The van der Waals surface area contributed by atoms with Crippen molar-refractivity contribution in [3.8, 4) is 0 Å². The number of benzene rings is 1. The van der Waals surface area contributed by atoms with Crippen molar-refractivity contribution in [1.82, 2.24) is 0 Å². The second-order valence-electron chi connectivity index (χ2n) is 5.77. The summed E-state index contributed by atoms with van der Waals surface area (Å²) in [6, 6.07) is 4.16. The highest BCUT2D eigenvalue weighted by molar-refractivity contribution is 6.25. The third kappa shape index (κ3) is 1.48. The van der Waals surface area contributed by atoms with Crippen molar-refractivity contribution in [1.29, 1.82) is 0 Å². The summed E-state index contributed by atoms with van der Waals surface area (Å²) in [7, 11) is 0. The molecule has 1 aliphatic carbocycles. The molecule has 1 saturated heterocycles. The maximum absolute atomic E-state index is 13.4. The van der Waals surface area contributed by atoms with Crippen LogP contribution in [0.1, 0.15) is 19.4 Å². The summed E-state index contributed by atoms with van der Waals surface area (Å²) in [5.74, 6) is -1.25. The molecule has 0 aromatic heterocycles. The lowest BCUT2D eigenvalue weighted by Gasteiger charge is -2.21. The molecule has 2 atom stereocenters. The molecule has 2 amide bonds. The Morgan fingerprint density at radius 2 is 1.84 bits per heavy atom. The first-order valence-corrected chi connectivity index (χ1v) is 6.26. The van der Waals surface area contributed by atoms with Crippen molar-refractivity contribution in [3.05, 3.63) is 29.6 Å². The van der Waals surface area contributed by atoms with E-state index >= 15 is 0 Å². The number of fused-ring (bicyclic) bond motifs is 1. The molecule has 3 rings (SSSR count). The first-order valence-electron chi connectivity index (χ1n) is 6.26. The van der Waals surface area contributed by atoms with Crippen molar-refractivity contribution in [2.75, 3.05) is 4.90 Å². The maximum Gasteiger partial charge on any atom is 0.238 e. The number of halogens is 1. The fourth-order valence-corrected chi connectivity index (χ4v) is 3.06. The Morgan fingerprint density at radius 3 is 2.37 bits per heavy atom. The average Bonchev–Trinajstić information content (AvgIpc) is 2.81. The van der Waals surface area contributed by atoms with Gasteiger partial charge in [-0.15, -0.1) is 0 Å². The van der Waals surface area contributed by atoms with E-state index in [0.29, 0.717) is 11.3 Å². The van der Waals surface area contributed by atoms with Crippen LogP contribution in [-0.4, -0.2) is 11.8 Å². The van der Waals surface area contributed by atoms with E-state index in [1.165, 1.54) is 23.1 Å². The quantitative estimate of drug-likeness (QED) is 0.820. The molecule has 2 unspecified atom stereocenters. The van der Waals surface area contributed by atoms with Gasteiger partial charge in [0, 0.05) is 12.1 Å². The van der Waals surface area contributed by atoms with E-state index < -0.39 is 5.82 Å². The minimum absolute atomic E-state index is 0.0360. The molecule has 2 N–H and O–H groups in total. The van der Waals surface area contributed by atoms with Gasteiger partial charge < -0.3 is 5.73 Å². The molecule has 2 fully saturated rings. The molecule has 100 valence electrons. The summed E-state index contributed by atoms with van der Waals surface area (Å²) in [5.41, 5.74) is 5.92. The van der Waals surface area contributed by atoms with E-state index in [9.17, 15) is 14.0 Å². The van der Waals surface area contributed by atoms with Crippen LogP contribution in [0.3, 0.4) is 0 Å². The first-order chi connectivity index (χ1) is 8.89. The highest BCUT2D eigenvalue weighted by Crippen LogP contribution is 2.63. The smallest absolute Gasteiger partial charge is 0.238 e. The van der Waals surface area contributed by atoms with E-state index in [4.69, 9.17) is 5.73 Å². The van der Waals surface area contributed by atoms with E-state index in [1.54, 1.807) is 0 Å². The minimum Gasteiger partial charge on any atom is -0.326 e. The van der Waals surface area contributed by atoms with E-state index in [-0.39, 0.29) is 35.6 Å². The normalized spacial score (nSPS) is 27.7. The van der Waals surface area contributed by atoms with Crippen molar-refractivity contribution in [2.24, 2.45) is 23.0 Å². The number of rotatable bonds is 2. The number of nitrogens with zero attached hydrogens (tertiary/aromatic N) is 1. The van der Waals surface area contributed by atoms with Crippen molar-refractivity contribution in [3.63, 3.8) is 0 Å². The van der Waals surface area contributed by atoms with Crippen molar-refractivity contribution >= 4 is 17.5 Å². The highest BCUT2D eigenvalue weighted by atomic mass is 19.1. The zero-order valence-electron chi connectivity index (χ0n) is 10.8. The van der Waals surface area contributed by atoms with Crippen molar-refractivity contribution < 1.29 is 14.0 Å². The number of anilines is 1. The summed E-state index contributed by atoms with van der Waals surface area (Å²) in [6.07, 6.45) is 0. The third-order valence-corrected chi connectivity index (χ3v) is 4.31. The monoisotopic (exact) mass is 262 g/mol. The average molecular weight is 262 g/mol. The number of nitrogens with two attached hydrogens (primary N) is 1. The summed E-state index contributed by atoms with van der Waals surface area (Å²) in [4.78, 5) is 25.6. The standard InChI is InChI=1S/C14H15FN2O2/c1-14(2)10-11(14)13(19)17(12(10)18)8-3-4-9(15)7(5-8)6-16/h3-5,10-11H,6,16H2,1-2H3. The Morgan fingerprint density at radius 1 is 1.26 bits per heavy atom. The lowest BCUT2D eigenvalue weighted by atomic mass is 10.0. The predicted molar refractivity (Wildman–Crippen MR) is 67.5 cm³/mol. The van der Waals surface area contributed by atoms with Crippen LogP contribution in [0.4, 0.5) is 10.1 Å². The molecular weight excluding hydrogens is 247 g/mol. The third-order valence-electron chi connectivity index (χ3n) is 4.31. The van der Waals surface area contributed by atoms with Gasteiger partial charge in [-0.05, 0) is 23.6 Å². The number of imide groups is 1. The van der Waals surface area contributed by atoms with Gasteiger partial charge >= 0.3 is 0 Å². The Balaban J connectivity index is 1.97. The second kappa shape index (κ2) is 3.63. The highest BCUT2D eigenvalue weighted by Gasteiger charge is 2.72. The van der Waals surface area contributed by atoms with Crippen LogP contribution >= 0.6 is 0 Å². The molecule has 1 aliphatic heterocycles. The zero-order chi connectivity index (χ0) is 13.9. The van der Waals surface area contributed by atoms with Crippen LogP contribution < -0.4 is 10.6 Å². The zero-order valence-corrected chi connectivity index (χ0v) is 10.8. The fraction of sp³-hybridized carbons (Fsp3) is 0.429. The topological polar surface area (TPSA) is 63.4 Å². The molecule has 19 heavy (non-hydrogen) atoms. The Kier molecular flexibility index (Phi) is 2.35. The van der Waals surface area contributed by atoms with Gasteiger partial charge in [0.1, 0.15) is 5.82 Å². The lowest BCUT2D eigenvalue weighted by Crippen LogP contribution is -2.36. The molecule has 5 heteroatoms. The van der Waals surface area contributed by atoms with Gasteiger partial charge in [-0.2, -0.15) is 0 Å². The Labute approximate surface area is 110 Å². The summed E-state index contributed by atoms with van der Waals surface area (Å²) >= 11 is 0. The Hall–Kier alpha value is -1.75. The van der Waals surface area contributed by atoms with E-state index in [2.05, 4.69) is 0 Å². The van der Waals surface area contributed by atoms with Crippen LogP contribution in [0, 0.1) is 23.1 Å². The molecule has 1 aromatic carbocycles. The van der Waals surface area contributed by atoms with Crippen LogP contribution in [-0.2, 0) is 16.1 Å². The van der Waals surface area contributed by atoms with Gasteiger partial charge in [-0.1, -0.05) is 13.8 Å². The van der Waals surface area contributed by atoms with Crippen LogP contribution in [0.5, 0.6) is 0 Å². The molecule has 4 nitrogen and oxygen atoms in total. The van der Waals surface area contributed by atoms with E-state index in [1.807, 2.05) is 13.8 Å². The van der Waals surface area contributed by atoms with Crippen LogP contribution in [0.2, 0.25) is 0 Å². The predicted octanol–water partition coefficient (Wildman–Crippen LogP) is 1.43.